The smallest absolute Gasteiger partial charge is 0.309 e. The van der Waals surface area contributed by atoms with Gasteiger partial charge in [0.25, 0.3) is 0 Å². The predicted octanol–water partition coefficient (Wildman–Crippen LogP) is 2.44. The fourth-order valence-electron chi connectivity index (χ4n) is 1.32. The fourth-order valence-corrected chi connectivity index (χ4v) is 1.32. The van der Waals surface area contributed by atoms with Crippen LogP contribution in [0.1, 0.15) is 39.0 Å². The van der Waals surface area contributed by atoms with E-state index < -0.39 is 0 Å². The summed E-state index contributed by atoms with van der Waals surface area (Å²) >= 11 is 0. The summed E-state index contributed by atoms with van der Waals surface area (Å²) in [6.45, 7) is 2.15. The molecule has 12 heavy (non-hydrogen) atoms. The van der Waals surface area contributed by atoms with Gasteiger partial charge in [0.1, 0.15) is 6.10 Å². The van der Waals surface area contributed by atoms with Crippen LogP contribution in [0, 0.1) is 0 Å². The minimum absolute atomic E-state index is 0.0788. The number of carbonyl (C=O) groups excluding carboxylic acids is 1. The van der Waals surface area contributed by atoms with Gasteiger partial charge in [-0.2, -0.15) is 0 Å². The van der Waals surface area contributed by atoms with E-state index >= 15 is 0 Å². The molecule has 2 heteroatoms. The van der Waals surface area contributed by atoms with Crippen molar-refractivity contribution in [1.82, 2.24) is 0 Å². The summed E-state index contributed by atoms with van der Waals surface area (Å²) in [4.78, 5) is 11.0. The van der Waals surface area contributed by atoms with E-state index in [-0.39, 0.29) is 12.1 Å². The number of ether oxygens (including phenoxy) is 1. The first-order valence-corrected chi connectivity index (χ1v) is 4.67. The maximum absolute atomic E-state index is 11.0. The number of unbranched alkanes of at least 4 members (excludes halogenated alkanes) is 1. The van der Waals surface area contributed by atoms with E-state index in [2.05, 4.69) is 6.92 Å². The zero-order chi connectivity index (χ0) is 8.81. The lowest BCUT2D eigenvalue weighted by Gasteiger charge is -2.13. The van der Waals surface area contributed by atoms with Crippen LogP contribution in [-0.4, -0.2) is 12.1 Å². The second kappa shape index (κ2) is 4.96. The molecule has 0 aliphatic carbocycles. The summed E-state index contributed by atoms with van der Waals surface area (Å²) in [5.74, 6) is -0.0788. The minimum atomic E-state index is -0.0788. The van der Waals surface area contributed by atoms with E-state index in [1.54, 1.807) is 0 Å². The fraction of sp³-hybridized carbons (Fsp3) is 0.700. The summed E-state index contributed by atoms with van der Waals surface area (Å²) < 4.78 is 5.21. The topological polar surface area (TPSA) is 26.3 Å². The second-order valence-corrected chi connectivity index (χ2v) is 3.17. The van der Waals surface area contributed by atoms with Crippen LogP contribution < -0.4 is 0 Å². The first-order valence-electron chi connectivity index (χ1n) is 4.67. The summed E-state index contributed by atoms with van der Waals surface area (Å²) in [6, 6.07) is 0. The van der Waals surface area contributed by atoms with Gasteiger partial charge in [0.2, 0.25) is 0 Å². The molecule has 1 rings (SSSR count). The zero-order valence-corrected chi connectivity index (χ0v) is 7.58. The third-order valence-corrected chi connectivity index (χ3v) is 2.03. The van der Waals surface area contributed by atoms with Crippen molar-refractivity contribution in [3.63, 3.8) is 0 Å². The molecule has 1 aliphatic rings. The Balaban J connectivity index is 2.32. The molecule has 0 spiro atoms. The summed E-state index contributed by atoms with van der Waals surface area (Å²) in [7, 11) is 0. The van der Waals surface area contributed by atoms with Crippen molar-refractivity contribution in [2.24, 2.45) is 0 Å². The zero-order valence-electron chi connectivity index (χ0n) is 7.58. The van der Waals surface area contributed by atoms with Crippen LogP contribution in [0.2, 0.25) is 0 Å². The van der Waals surface area contributed by atoms with Crippen LogP contribution in [0.25, 0.3) is 0 Å². The molecular formula is C10H16O2. The lowest BCUT2D eigenvalue weighted by atomic mass is 10.1. The van der Waals surface area contributed by atoms with E-state index in [1.807, 2.05) is 12.2 Å². The Bertz CT molecular complexity index is 173. The number of rotatable bonds is 3. The highest BCUT2D eigenvalue weighted by Gasteiger charge is 2.13. The van der Waals surface area contributed by atoms with Crippen LogP contribution >= 0.6 is 0 Å². The van der Waals surface area contributed by atoms with Gasteiger partial charge >= 0.3 is 5.97 Å². The molecule has 68 valence electrons. The number of hydrogen-bond acceptors (Lipinski definition) is 2. The van der Waals surface area contributed by atoms with Gasteiger partial charge in [-0.1, -0.05) is 31.9 Å². The van der Waals surface area contributed by atoms with Gasteiger partial charge in [0.15, 0.2) is 0 Å². The predicted molar refractivity (Wildman–Crippen MR) is 47.8 cm³/mol. The lowest BCUT2D eigenvalue weighted by Crippen LogP contribution is -2.15. The van der Waals surface area contributed by atoms with Crippen molar-refractivity contribution in [3.05, 3.63) is 12.2 Å². The Labute approximate surface area is 73.6 Å². The van der Waals surface area contributed by atoms with Crippen molar-refractivity contribution < 1.29 is 9.53 Å². The Morgan fingerprint density at radius 1 is 1.58 bits per heavy atom. The molecule has 0 N–H and O–H groups in total. The molecule has 0 saturated carbocycles. The van der Waals surface area contributed by atoms with Crippen molar-refractivity contribution in [2.45, 2.75) is 45.1 Å². The van der Waals surface area contributed by atoms with Gasteiger partial charge in [-0.15, -0.1) is 0 Å². The van der Waals surface area contributed by atoms with Gasteiger partial charge in [-0.25, -0.2) is 0 Å². The van der Waals surface area contributed by atoms with E-state index in [0.29, 0.717) is 6.42 Å². The van der Waals surface area contributed by atoms with Crippen LogP contribution in [0.4, 0.5) is 0 Å². The Morgan fingerprint density at radius 2 is 2.42 bits per heavy atom. The maximum Gasteiger partial charge on any atom is 0.309 e. The number of hydrogen-bond donors (Lipinski definition) is 0. The van der Waals surface area contributed by atoms with E-state index in [1.165, 1.54) is 0 Å². The van der Waals surface area contributed by atoms with Crippen molar-refractivity contribution >= 4 is 5.97 Å². The molecule has 1 atom stereocenters. The van der Waals surface area contributed by atoms with Crippen molar-refractivity contribution in [1.29, 1.82) is 0 Å². The summed E-state index contributed by atoms with van der Waals surface area (Å²) in [6.07, 6.45) is 8.74. The standard InChI is InChI=1S/C10H16O2/c1-2-3-6-9-7-4-5-8-10(11)12-9/h4-5,9H,2-3,6-8H2,1H3. The molecule has 1 aliphatic heterocycles. The largest absolute Gasteiger partial charge is 0.462 e. The number of carbonyl (C=O) groups is 1. The number of esters is 1. The van der Waals surface area contributed by atoms with Gasteiger partial charge in [0.05, 0.1) is 6.42 Å². The first-order chi connectivity index (χ1) is 5.83. The van der Waals surface area contributed by atoms with E-state index in [9.17, 15) is 4.79 Å². The molecule has 0 aromatic heterocycles. The molecule has 1 unspecified atom stereocenters. The van der Waals surface area contributed by atoms with Crippen LogP contribution in [-0.2, 0) is 9.53 Å². The Kier molecular flexibility index (Phi) is 3.85. The summed E-state index contributed by atoms with van der Waals surface area (Å²) in [5, 5.41) is 0. The van der Waals surface area contributed by atoms with Gasteiger partial charge < -0.3 is 4.74 Å². The highest BCUT2D eigenvalue weighted by molar-refractivity contribution is 5.71. The molecule has 0 radical (unpaired) electrons. The molecule has 1 heterocycles. The number of cyclic esters (lactones) is 1. The first kappa shape index (κ1) is 9.30. The van der Waals surface area contributed by atoms with E-state index in [4.69, 9.17) is 4.74 Å². The molecule has 0 amide bonds. The van der Waals surface area contributed by atoms with Gasteiger partial charge in [-0.3, -0.25) is 4.79 Å². The van der Waals surface area contributed by atoms with Crippen LogP contribution in [0.3, 0.4) is 0 Å². The minimum Gasteiger partial charge on any atom is -0.462 e. The molecular weight excluding hydrogens is 152 g/mol. The Hall–Kier alpha value is -0.790. The lowest BCUT2D eigenvalue weighted by molar-refractivity contribution is -0.147. The van der Waals surface area contributed by atoms with Crippen LogP contribution in [0.5, 0.6) is 0 Å². The van der Waals surface area contributed by atoms with Crippen molar-refractivity contribution in [2.75, 3.05) is 0 Å². The average molecular weight is 168 g/mol. The van der Waals surface area contributed by atoms with Gasteiger partial charge in [0, 0.05) is 6.42 Å². The van der Waals surface area contributed by atoms with Crippen LogP contribution in [0.15, 0.2) is 12.2 Å². The van der Waals surface area contributed by atoms with Gasteiger partial charge in [-0.05, 0) is 6.42 Å². The highest BCUT2D eigenvalue weighted by Crippen LogP contribution is 2.13. The average Bonchev–Trinajstić information content (AvgIpc) is 2.26. The molecule has 2 nitrogen and oxygen atoms in total. The maximum atomic E-state index is 11.0. The molecule has 0 aromatic rings. The molecule has 0 fully saturated rings. The third-order valence-electron chi connectivity index (χ3n) is 2.03. The summed E-state index contributed by atoms with van der Waals surface area (Å²) in [5.41, 5.74) is 0. The highest BCUT2D eigenvalue weighted by atomic mass is 16.5. The second-order valence-electron chi connectivity index (χ2n) is 3.17. The molecule has 0 bridgehead atoms. The quantitative estimate of drug-likeness (QED) is 0.478. The van der Waals surface area contributed by atoms with E-state index in [0.717, 1.165) is 25.7 Å². The monoisotopic (exact) mass is 168 g/mol. The third kappa shape index (κ3) is 3.07. The van der Waals surface area contributed by atoms with Crippen molar-refractivity contribution in [3.8, 4) is 0 Å². The SMILES string of the molecule is CCCCC1CC=CCC(=O)O1. The normalized spacial score (nSPS) is 23.4. The Morgan fingerprint density at radius 3 is 3.17 bits per heavy atom. The molecule has 0 aromatic carbocycles. The molecule has 0 saturated heterocycles.